The van der Waals surface area contributed by atoms with Gasteiger partial charge in [0.1, 0.15) is 0 Å². The summed E-state index contributed by atoms with van der Waals surface area (Å²) >= 11 is 5.92. The summed E-state index contributed by atoms with van der Waals surface area (Å²) in [6.07, 6.45) is 9.70. The lowest BCUT2D eigenvalue weighted by atomic mass is 10.00. The number of hydrogen-bond acceptors (Lipinski definition) is 0. The van der Waals surface area contributed by atoms with Gasteiger partial charge in [0.15, 0.2) is 0 Å². The Morgan fingerprint density at radius 1 is 1.67 bits per heavy atom. The summed E-state index contributed by atoms with van der Waals surface area (Å²) in [7, 11) is 0. The van der Waals surface area contributed by atoms with Crippen LogP contribution < -0.4 is 0 Å². The van der Waals surface area contributed by atoms with Gasteiger partial charge in [0.25, 0.3) is 0 Å². The lowest BCUT2D eigenvalue weighted by Crippen LogP contribution is -2.04. The van der Waals surface area contributed by atoms with Crippen LogP contribution in [0.3, 0.4) is 0 Å². The fourth-order valence-electron chi connectivity index (χ4n) is 1.72. The maximum atomic E-state index is 5.92. The Morgan fingerprint density at radius 2 is 2.33 bits per heavy atom. The van der Waals surface area contributed by atoms with Crippen molar-refractivity contribution in [3.8, 4) is 0 Å². The molecule has 0 N–H and O–H groups in total. The highest BCUT2D eigenvalue weighted by Crippen LogP contribution is 2.56. The molecule has 0 amide bonds. The molecule has 1 rings (SSSR count). The summed E-state index contributed by atoms with van der Waals surface area (Å²) in [6.45, 7) is 5.92. The molecule has 0 bridgehead atoms. The van der Waals surface area contributed by atoms with Crippen molar-refractivity contribution in [1.82, 2.24) is 0 Å². The van der Waals surface area contributed by atoms with Gasteiger partial charge in [-0.05, 0) is 30.6 Å². The summed E-state index contributed by atoms with van der Waals surface area (Å²) in [5, 5.41) is 0. The third kappa shape index (κ3) is 2.13. The van der Waals surface area contributed by atoms with Crippen LogP contribution in [0.1, 0.15) is 26.2 Å². The molecule has 1 aliphatic rings. The monoisotopic (exact) mass is 184 g/mol. The van der Waals surface area contributed by atoms with Crippen LogP contribution in [0, 0.1) is 11.3 Å². The highest BCUT2D eigenvalue weighted by Gasteiger charge is 2.49. The second kappa shape index (κ2) is 4.13. The van der Waals surface area contributed by atoms with Crippen LogP contribution in [0.25, 0.3) is 0 Å². The van der Waals surface area contributed by atoms with E-state index in [0.717, 1.165) is 18.2 Å². The molecule has 0 aromatic carbocycles. The zero-order valence-corrected chi connectivity index (χ0v) is 8.48. The van der Waals surface area contributed by atoms with Crippen molar-refractivity contribution < 1.29 is 0 Å². The normalized spacial score (nSPS) is 34.0. The Hall–Kier alpha value is -0.230. The Kier molecular flexibility index (Phi) is 3.39. The Bertz CT molecular complexity index is 179. The maximum absolute atomic E-state index is 5.92. The number of hydrogen-bond donors (Lipinski definition) is 0. The van der Waals surface area contributed by atoms with E-state index in [1.165, 1.54) is 12.8 Å². The minimum absolute atomic E-state index is 0.479. The van der Waals surface area contributed by atoms with E-state index in [1.54, 1.807) is 0 Å². The minimum Gasteiger partial charge on any atom is -0.126 e. The molecule has 0 radical (unpaired) electrons. The van der Waals surface area contributed by atoms with E-state index in [-0.39, 0.29) is 0 Å². The van der Waals surface area contributed by atoms with Crippen molar-refractivity contribution in [3.63, 3.8) is 0 Å². The SMILES string of the molecule is C=C/C=C/CCC1(CCl)CC1C. The summed E-state index contributed by atoms with van der Waals surface area (Å²) in [5.74, 6) is 1.67. The van der Waals surface area contributed by atoms with Crippen LogP contribution in [0.2, 0.25) is 0 Å². The fourth-order valence-corrected chi connectivity index (χ4v) is 2.22. The van der Waals surface area contributed by atoms with Crippen molar-refractivity contribution in [2.45, 2.75) is 26.2 Å². The second-order valence-electron chi connectivity index (χ2n) is 3.80. The van der Waals surface area contributed by atoms with E-state index in [1.807, 2.05) is 12.2 Å². The third-order valence-corrected chi connectivity index (χ3v) is 3.48. The molecule has 12 heavy (non-hydrogen) atoms. The minimum atomic E-state index is 0.479. The van der Waals surface area contributed by atoms with Crippen LogP contribution >= 0.6 is 11.6 Å². The van der Waals surface area contributed by atoms with Crippen molar-refractivity contribution in [1.29, 1.82) is 0 Å². The van der Waals surface area contributed by atoms with Crippen LogP contribution in [-0.4, -0.2) is 5.88 Å². The largest absolute Gasteiger partial charge is 0.126 e. The highest BCUT2D eigenvalue weighted by atomic mass is 35.5. The molecule has 1 aliphatic carbocycles. The van der Waals surface area contributed by atoms with Crippen molar-refractivity contribution in [3.05, 3.63) is 24.8 Å². The van der Waals surface area contributed by atoms with Gasteiger partial charge < -0.3 is 0 Å². The first-order valence-corrected chi connectivity index (χ1v) is 5.12. The summed E-state index contributed by atoms with van der Waals surface area (Å²) < 4.78 is 0. The van der Waals surface area contributed by atoms with Gasteiger partial charge in [0.05, 0.1) is 0 Å². The molecule has 0 aliphatic heterocycles. The number of rotatable bonds is 5. The first-order chi connectivity index (χ1) is 5.75. The number of alkyl halides is 1. The van der Waals surface area contributed by atoms with E-state index in [4.69, 9.17) is 11.6 Å². The van der Waals surface area contributed by atoms with Crippen LogP contribution in [0.4, 0.5) is 0 Å². The smallest absolute Gasteiger partial charge is 0.0282 e. The molecule has 0 aromatic heterocycles. The molecule has 0 heterocycles. The van der Waals surface area contributed by atoms with Crippen molar-refractivity contribution >= 4 is 11.6 Å². The molecular formula is C11H17Cl. The van der Waals surface area contributed by atoms with Gasteiger partial charge in [0, 0.05) is 5.88 Å². The van der Waals surface area contributed by atoms with Gasteiger partial charge in [-0.1, -0.05) is 31.7 Å². The topological polar surface area (TPSA) is 0 Å². The third-order valence-electron chi connectivity index (χ3n) is 2.95. The molecule has 0 aromatic rings. The second-order valence-corrected chi connectivity index (χ2v) is 4.07. The van der Waals surface area contributed by atoms with Crippen LogP contribution in [0.5, 0.6) is 0 Å². The zero-order valence-electron chi connectivity index (χ0n) is 7.72. The maximum Gasteiger partial charge on any atom is 0.0282 e. The predicted molar refractivity (Wildman–Crippen MR) is 55.5 cm³/mol. The van der Waals surface area contributed by atoms with E-state index < -0.39 is 0 Å². The van der Waals surface area contributed by atoms with Gasteiger partial charge in [-0.15, -0.1) is 11.6 Å². The molecule has 1 heteroatoms. The van der Waals surface area contributed by atoms with Crippen molar-refractivity contribution in [2.75, 3.05) is 5.88 Å². The highest BCUT2D eigenvalue weighted by molar-refractivity contribution is 6.18. The molecule has 1 fully saturated rings. The summed E-state index contributed by atoms with van der Waals surface area (Å²) in [5.41, 5.74) is 0.479. The van der Waals surface area contributed by atoms with Crippen molar-refractivity contribution in [2.24, 2.45) is 11.3 Å². The Balaban J connectivity index is 2.22. The van der Waals surface area contributed by atoms with E-state index in [2.05, 4.69) is 19.6 Å². The summed E-state index contributed by atoms with van der Waals surface area (Å²) in [4.78, 5) is 0. The molecule has 2 atom stereocenters. The number of allylic oxidation sites excluding steroid dienone is 3. The van der Waals surface area contributed by atoms with Crippen LogP contribution in [-0.2, 0) is 0 Å². The first kappa shape index (κ1) is 9.85. The lowest BCUT2D eigenvalue weighted by molar-refractivity contribution is 0.486. The Labute approximate surface area is 80.3 Å². The van der Waals surface area contributed by atoms with E-state index >= 15 is 0 Å². The summed E-state index contributed by atoms with van der Waals surface area (Å²) in [6, 6.07) is 0. The van der Waals surface area contributed by atoms with Gasteiger partial charge in [-0.25, -0.2) is 0 Å². The molecular weight excluding hydrogens is 168 g/mol. The first-order valence-electron chi connectivity index (χ1n) is 4.59. The molecule has 68 valence electrons. The predicted octanol–water partition coefficient (Wildman–Crippen LogP) is 3.77. The molecule has 0 saturated heterocycles. The van der Waals surface area contributed by atoms with Gasteiger partial charge in [0.2, 0.25) is 0 Å². The number of halogens is 1. The quantitative estimate of drug-likeness (QED) is 0.451. The fraction of sp³-hybridized carbons (Fsp3) is 0.636. The Morgan fingerprint density at radius 3 is 2.75 bits per heavy atom. The average Bonchev–Trinajstić information content (AvgIpc) is 2.72. The van der Waals surface area contributed by atoms with E-state index in [0.29, 0.717) is 5.41 Å². The van der Waals surface area contributed by atoms with Gasteiger partial charge >= 0.3 is 0 Å². The van der Waals surface area contributed by atoms with Gasteiger partial charge in [-0.3, -0.25) is 0 Å². The molecule has 0 nitrogen and oxygen atoms in total. The standard InChI is InChI=1S/C11H17Cl/c1-3-4-5-6-7-11(9-12)8-10(11)2/h3-5,10H,1,6-9H2,2H3/b5-4+. The molecule has 2 unspecified atom stereocenters. The molecule has 0 spiro atoms. The zero-order chi connectivity index (χ0) is 9.03. The molecule has 1 saturated carbocycles. The van der Waals surface area contributed by atoms with E-state index in [9.17, 15) is 0 Å². The lowest BCUT2D eigenvalue weighted by Gasteiger charge is -2.09. The van der Waals surface area contributed by atoms with Gasteiger partial charge in [-0.2, -0.15) is 0 Å². The average molecular weight is 185 g/mol. The van der Waals surface area contributed by atoms with Crippen LogP contribution in [0.15, 0.2) is 24.8 Å².